The first kappa shape index (κ1) is 21.5. The summed E-state index contributed by atoms with van der Waals surface area (Å²) in [5.74, 6) is 0.259. The van der Waals surface area contributed by atoms with Crippen molar-refractivity contribution in [3.8, 4) is 0 Å². The van der Waals surface area contributed by atoms with E-state index in [9.17, 15) is 9.59 Å². The number of amides is 2. The van der Waals surface area contributed by atoms with Crippen LogP contribution in [0, 0.1) is 0 Å². The van der Waals surface area contributed by atoms with Crippen LogP contribution in [0.3, 0.4) is 0 Å². The van der Waals surface area contributed by atoms with Crippen molar-refractivity contribution in [3.05, 3.63) is 70.2 Å². The van der Waals surface area contributed by atoms with Crippen LogP contribution in [0.4, 0.5) is 0 Å². The second kappa shape index (κ2) is 10.6. The number of carbonyl (C=O) groups excluding carboxylic acids is 2. The number of hydrogen-bond donors (Lipinski definition) is 1. The molecule has 6 heteroatoms. The molecule has 0 radical (unpaired) electrons. The van der Waals surface area contributed by atoms with E-state index < -0.39 is 0 Å². The summed E-state index contributed by atoms with van der Waals surface area (Å²) in [4.78, 5) is 29.6. The van der Waals surface area contributed by atoms with Crippen molar-refractivity contribution < 1.29 is 9.59 Å². The van der Waals surface area contributed by atoms with E-state index in [1.54, 1.807) is 0 Å². The first-order valence-corrected chi connectivity index (χ1v) is 10.9. The smallest absolute Gasteiger partial charge is 0.253 e. The molecule has 1 fully saturated rings. The van der Waals surface area contributed by atoms with E-state index in [1.165, 1.54) is 5.56 Å². The van der Waals surface area contributed by atoms with Crippen molar-refractivity contribution >= 4 is 27.7 Å². The van der Waals surface area contributed by atoms with Crippen LogP contribution in [-0.4, -0.2) is 60.9 Å². The molecule has 2 aromatic carbocycles. The third-order valence-corrected chi connectivity index (χ3v) is 5.78. The van der Waals surface area contributed by atoms with Crippen LogP contribution in [0.2, 0.25) is 0 Å². The Bertz CT molecular complexity index is 822. The molecule has 5 nitrogen and oxygen atoms in total. The van der Waals surface area contributed by atoms with E-state index in [2.05, 4.69) is 40.3 Å². The molecular weight excluding hydrogens is 430 g/mol. The predicted molar refractivity (Wildman–Crippen MR) is 119 cm³/mol. The molecule has 0 unspecified atom stereocenters. The molecule has 1 aliphatic heterocycles. The molecule has 1 atom stereocenters. The Labute approximate surface area is 181 Å². The number of rotatable bonds is 7. The summed E-state index contributed by atoms with van der Waals surface area (Å²) in [5.41, 5.74) is 1.82. The number of hydrogen-bond acceptors (Lipinski definition) is 3. The summed E-state index contributed by atoms with van der Waals surface area (Å²) in [6.45, 7) is 6.25. The molecule has 3 rings (SSSR count). The van der Waals surface area contributed by atoms with Crippen LogP contribution in [-0.2, 0) is 4.79 Å². The molecule has 0 bridgehead atoms. The molecule has 2 aromatic rings. The first-order valence-electron chi connectivity index (χ1n) is 10.1. The van der Waals surface area contributed by atoms with Crippen molar-refractivity contribution in [3.63, 3.8) is 0 Å². The summed E-state index contributed by atoms with van der Waals surface area (Å²) in [7, 11) is 0. The van der Waals surface area contributed by atoms with Gasteiger partial charge in [0.25, 0.3) is 5.91 Å². The minimum Gasteiger partial charge on any atom is -0.340 e. The number of nitrogens with zero attached hydrogens (tertiary/aromatic N) is 2. The fourth-order valence-electron chi connectivity index (χ4n) is 3.60. The lowest BCUT2D eigenvalue weighted by atomic mass is 10.00. The second-order valence-corrected chi connectivity index (χ2v) is 8.37. The van der Waals surface area contributed by atoms with Crippen LogP contribution in [0.25, 0.3) is 0 Å². The lowest BCUT2D eigenvalue weighted by molar-refractivity contribution is -0.131. The van der Waals surface area contributed by atoms with Gasteiger partial charge in [-0.3, -0.25) is 9.59 Å². The van der Waals surface area contributed by atoms with Crippen molar-refractivity contribution in [2.45, 2.75) is 19.3 Å². The van der Waals surface area contributed by atoms with Crippen molar-refractivity contribution in [2.75, 3.05) is 39.3 Å². The maximum atomic E-state index is 13.2. The molecular formula is C23H28BrN3O2. The largest absolute Gasteiger partial charge is 0.340 e. The number of benzene rings is 2. The average Bonchev–Trinajstić information content (AvgIpc) is 2.77. The number of piperazine rings is 1. The Balaban J connectivity index is 1.71. The van der Waals surface area contributed by atoms with E-state index in [0.29, 0.717) is 25.1 Å². The SMILES string of the molecule is C[C@H](CN(CCC(=O)N1CCNCC1)C(=O)c1cccc(Br)c1)c1ccccc1. The summed E-state index contributed by atoms with van der Waals surface area (Å²) in [5, 5.41) is 3.26. The molecule has 2 amide bonds. The monoisotopic (exact) mass is 457 g/mol. The topological polar surface area (TPSA) is 52.7 Å². The maximum absolute atomic E-state index is 13.2. The van der Waals surface area contributed by atoms with Gasteiger partial charge in [-0.2, -0.15) is 0 Å². The van der Waals surface area contributed by atoms with Gasteiger partial charge in [0.1, 0.15) is 0 Å². The van der Waals surface area contributed by atoms with Gasteiger partial charge in [-0.15, -0.1) is 0 Å². The molecule has 0 aromatic heterocycles. The third-order valence-electron chi connectivity index (χ3n) is 5.29. The molecule has 1 heterocycles. The van der Waals surface area contributed by atoms with Crippen LogP contribution in [0.15, 0.2) is 59.1 Å². The number of nitrogens with one attached hydrogen (secondary N) is 1. The quantitative estimate of drug-likeness (QED) is 0.691. The molecule has 1 saturated heterocycles. The summed E-state index contributed by atoms with van der Waals surface area (Å²) < 4.78 is 0.872. The van der Waals surface area contributed by atoms with Gasteiger partial charge in [-0.05, 0) is 29.7 Å². The van der Waals surface area contributed by atoms with Gasteiger partial charge >= 0.3 is 0 Å². The van der Waals surface area contributed by atoms with Gasteiger partial charge < -0.3 is 15.1 Å². The highest BCUT2D eigenvalue weighted by atomic mass is 79.9. The number of halogens is 1. The molecule has 1 aliphatic rings. The minimum atomic E-state index is -0.0396. The summed E-state index contributed by atoms with van der Waals surface area (Å²) in [6.07, 6.45) is 0.348. The van der Waals surface area contributed by atoms with Crippen molar-refractivity contribution in [1.82, 2.24) is 15.1 Å². The highest BCUT2D eigenvalue weighted by Crippen LogP contribution is 2.19. The average molecular weight is 458 g/mol. The molecule has 0 aliphatic carbocycles. The van der Waals surface area contributed by atoms with Gasteiger partial charge in [0.05, 0.1) is 0 Å². The molecule has 1 N–H and O–H groups in total. The third kappa shape index (κ3) is 6.15. The Kier molecular flexibility index (Phi) is 7.83. The van der Waals surface area contributed by atoms with Crippen LogP contribution in [0.5, 0.6) is 0 Å². The zero-order chi connectivity index (χ0) is 20.6. The highest BCUT2D eigenvalue weighted by Gasteiger charge is 2.22. The fraction of sp³-hybridized carbons (Fsp3) is 0.391. The Morgan fingerprint density at radius 2 is 1.83 bits per heavy atom. The van der Waals surface area contributed by atoms with E-state index in [1.807, 2.05) is 52.3 Å². The van der Waals surface area contributed by atoms with E-state index in [4.69, 9.17) is 0 Å². The Morgan fingerprint density at radius 1 is 1.10 bits per heavy atom. The van der Waals surface area contributed by atoms with Crippen molar-refractivity contribution in [2.24, 2.45) is 0 Å². The van der Waals surface area contributed by atoms with Gasteiger partial charge in [0.2, 0.25) is 5.91 Å². The van der Waals surface area contributed by atoms with Crippen LogP contribution in [0.1, 0.15) is 35.2 Å². The molecule has 0 saturated carbocycles. The number of carbonyl (C=O) groups is 2. The van der Waals surface area contributed by atoms with E-state index in [-0.39, 0.29) is 17.7 Å². The first-order chi connectivity index (χ1) is 14.0. The van der Waals surface area contributed by atoms with Gasteiger partial charge in [-0.1, -0.05) is 59.3 Å². The van der Waals surface area contributed by atoms with E-state index in [0.717, 1.165) is 30.7 Å². The van der Waals surface area contributed by atoms with Crippen LogP contribution >= 0.6 is 15.9 Å². The Hall–Kier alpha value is -2.18. The fourth-order valence-corrected chi connectivity index (χ4v) is 4.00. The zero-order valence-electron chi connectivity index (χ0n) is 16.8. The second-order valence-electron chi connectivity index (χ2n) is 7.45. The summed E-state index contributed by atoms with van der Waals surface area (Å²) in [6, 6.07) is 17.6. The lowest BCUT2D eigenvalue weighted by Gasteiger charge is -2.30. The maximum Gasteiger partial charge on any atom is 0.253 e. The standard InChI is InChI=1S/C23H28BrN3O2/c1-18(19-6-3-2-4-7-19)17-27(23(29)20-8-5-9-21(24)16-20)13-10-22(28)26-14-11-25-12-15-26/h2-9,16,18,25H,10-15,17H2,1H3/t18-/m1/s1. The molecule has 29 heavy (non-hydrogen) atoms. The summed E-state index contributed by atoms with van der Waals surface area (Å²) >= 11 is 3.44. The van der Waals surface area contributed by atoms with Gasteiger partial charge in [0, 0.05) is 55.7 Å². The predicted octanol–water partition coefficient (Wildman–Crippen LogP) is 3.52. The lowest BCUT2D eigenvalue weighted by Crippen LogP contribution is -2.47. The van der Waals surface area contributed by atoms with E-state index >= 15 is 0 Å². The highest BCUT2D eigenvalue weighted by molar-refractivity contribution is 9.10. The van der Waals surface area contributed by atoms with Gasteiger partial charge in [-0.25, -0.2) is 0 Å². The van der Waals surface area contributed by atoms with Crippen molar-refractivity contribution in [1.29, 1.82) is 0 Å². The Morgan fingerprint density at radius 3 is 2.52 bits per heavy atom. The normalized spacial score (nSPS) is 15.0. The minimum absolute atomic E-state index is 0.0396. The zero-order valence-corrected chi connectivity index (χ0v) is 18.4. The molecule has 154 valence electrons. The van der Waals surface area contributed by atoms with Crippen LogP contribution < -0.4 is 5.32 Å². The van der Waals surface area contributed by atoms with Gasteiger partial charge in [0.15, 0.2) is 0 Å². The molecule has 0 spiro atoms.